The first-order valence-electron chi connectivity index (χ1n) is 12.8. The van der Waals surface area contributed by atoms with Gasteiger partial charge in [-0.1, -0.05) is 60.1 Å². The zero-order valence-corrected chi connectivity index (χ0v) is 23.4. The van der Waals surface area contributed by atoms with E-state index in [1.165, 1.54) is 13.2 Å². The lowest BCUT2D eigenvalue weighted by Gasteiger charge is -2.12. The summed E-state index contributed by atoms with van der Waals surface area (Å²) in [6.45, 7) is 4.67. The smallest absolute Gasteiger partial charge is 0.309 e. The second-order valence-electron chi connectivity index (χ2n) is 10.5. The summed E-state index contributed by atoms with van der Waals surface area (Å²) in [4.78, 5) is 22.2. The summed E-state index contributed by atoms with van der Waals surface area (Å²) in [6.07, 6.45) is 0. The number of imidazole rings is 1. The molecule has 39 heavy (non-hydrogen) atoms. The van der Waals surface area contributed by atoms with Crippen molar-refractivity contribution in [3.63, 3.8) is 0 Å². The van der Waals surface area contributed by atoms with Crippen molar-refractivity contribution in [1.82, 2.24) is 14.5 Å². The molecule has 0 N–H and O–H groups in total. The average molecular weight is 588 g/mol. The SMILES string of the molecule is COC(=O)[C@@H]1[C@H](c2nc3cc(OCc4ccc5ccccc5n4)ccc3n2Cc2ccc(Br)cc2F)C1(C)C. The highest BCUT2D eigenvalue weighted by molar-refractivity contribution is 9.10. The van der Waals surface area contributed by atoms with Crippen LogP contribution in [0.25, 0.3) is 21.9 Å². The van der Waals surface area contributed by atoms with Crippen LogP contribution < -0.4 is 4.74 Å². The van der Waals surface area contributed by atoms with Gasteiger partial charge in [-0.25, -0.2) is 14.4 Å². The minimum atomic E-state index is -0.328. The lowest BCUT2D eigenvalue weighted by atomic mass is 10.1. The Morgan fingerprint density at radius 2 is 1.85 bits per heavy atom. The van der Waals surface area contributed by atoms with Gasteiger partial charge in [-0.2, -0.15) is 0 Å². The molecule has 0 spiro atoms. The van der Waals surface area contributed by atoms with Crippen molar-refractivity contribution in [2.75, 3.05) is 7.11 Å². The summed E-state index contributed by atoms with van der Waals surface area (Å²) in [5, 5.41) is 1.08. The van der Waals surface area contributed by atoms with Crippen LogP contribution >= 0.6 is 15.9 Å². The van der Waals surface area contributed by atoms with Crippen LogP contribution in [0, 0.1) is 17.2 Å². The fourth-order valence-electron chi connectivity index (χ4n) is 5.47. The van der Waals surface area contributed by atoms with Gasteiger partial charge in [-0.3, -0.25) is 4.79 Å². The summed E-state index contributed by atoms with van der Waals surface area (Å²) < 4.78 is 28.7. The maximum atomic E-state index is 14.9. The van der Waals surface area contributed by atoms with Crippen LogP contribution in [0.15, 0.2) is 77.3 Å². The molecule has 198 valence electrons. The Morgan fingerprint density at radius 1 is 1.03 bits per heavy atom. The van der Waals surface area contributed by atoms with Crippen LogP contribution in [-0.2, 0) is 22.7 Å². The predicted octanol–water partition coefficient (Wildman–Crippen LogP) is 7.03. The molecule has 1 saturated carbocycles. The Hall–Kier alpha value is -3.78. The maximum absolute atomic E-state index is 14.9. The fourth-order valence-corrected chi connectivity index (χ4v) is 5.81. The largest absolute Gasteiger partial charge is 0.487 e. The first-order chi connectivity index (χ1) is 18.8. The van der Waals surface area contributed by atoms with Gasteiger partial charge in [0.2, 0.25) is 0 Å². The van der Waals surface area contributed by atoms with E-state index < -0.39 is 0 Å². The summed E-state index contributed by atoms with van der Waals surface area (Å²) >= 11 is 3.33. The van der Waals surface area contributed by atoms with Crippen molar-refractivity contribution in [2.45, 2.75) is 32.9 Å². The molecule has 2 heterocycles. The zero-order chi connectivity index (χ0) is 27.3. The van der Waals surface area contributed by atoms with E-state index in [9.17, 15) is 9.18 Å². The molecule has 0 radical (unpaired) electrons. The number of halogens is 2. The number of pyridine rings is 1. The zero-order valence-electron chi connectivity index (χ0n) is 21.8. The number of fused-ring (bicyclic) bond motifs is 2. The highest BCUT2D eigenvalue weighted by atomic mass is 79.9. The van der Waals surface area contributed by atoms with Crippen molar-refractivity contribution in [3.05, 3.63) is 100 Å². The van der Waals surface area contributed by atoms with E-state index in [0.29, 0.717) is 22.4 Å². The summed E-state index contributed by atoms with van der Waals surface area (Å²) in [7, 11) is 1.40. The Morgan fingerprint density at radius 3 is 2.64 bits per heavy atom. The third-order valence-corrected chi connectivity index (χ3v) is 8.19. The fraction of sp³-hybridized carbons (Fsp3) is 0.258. The van der Waals surface area contributed by atoms with Crippen LogP contribution in [-0.4, -0.2) is 27.6 Å². The van der Waals surface area contributed by atoms with Gasteiger partial charge in [0.1, 0.15) is 24.0 Å². The molecular weight excluding hydrogens is 561 g/mol. The second kappa shape index (κ2) is 9.75. The van der Waals surface area contributed by atoms with Crippen LogP contribution in [0.4, 0.5) is 4.39 Å². The molecule has 3 aromatic carbocycles. The van der Waals surface area contributed by atoms with E-state index in [1.54, 1.807) is 6.07 Å². The van der Waals surface area contributed by atoms with Crippen LogP contribution in [0.3, 0.4) is 0 Å². The Bertz CT molecular complexity index is 1730. The number of esters is 1. The number of rotatable bonds is 7. The summed E-state index contributed by atoms with van der Waals surface area (Å²) in [5.74, 6) is 0.360. The van der Waals surface area contributed by atoms with E-state index >= 15 is 0 Å². The van der Waals surface area contributed by atoms with Gasteiger partial charge in [-0.15, -0.1) is 0 Å². The van der Waals surface area contributed by atoms with Gasteiger partial charge < -0.3 is 14.0 Å². The molecule has 0 aliphatic heterocycles. The number of aromatic nitrogens is 3. The van der Waals surface area contributed by atoms with E-state index in [0.717, 1.165) is 33.5 Å². The van der Waals surface area contributed by atoms with E-state index in [-0.39, 0.29) is 35.6 Å². The number of nitrogens with zero attached hydrogens (tertiary/aromatic N) is 3. The van der Waals surface area contributed by atoms with Gasteiger partial charge in [0.05, 0.1) is 41.8 Å². The molecule has 2 atom stereocenters. The molecule has 6 nitrogen and oxygen atoms in total. The first-order valence-corrected chi connectivity index (χ1v) is 13.5. The Kier molecular flexibility index (Phi) is 6.38. The van der Waals surface area contributed by atoms with Crippen molar-refractivity contribution >= 4 is 43.8 Å². The normalized spacial score (nSPS) is 17.9. The summed E-state index contributed by atoms with van der Waals surface area (Å²) in [6, 6.07) is 22.7. The molecule has 2 aromatic heterocycles. The predicted molar refractivity (Wildman–Crippen MR) is 151 cm³/mol. The molecule has 8 heteroatoms. The van der Waals surface area contributed by atoms with E-state index in [2.05, 4.69) is 20.9 Å². The van der Waals surface area contributed by atoms with E-state index in [1.807, 2.05) is 79.1 Å². The lowest BCUT2D eigenvalue weighted by molar-refractivity contribution is -0.143. The highest BCUT2D eigenvalue weighted by Crippen LogP contribution is 2.64. The van der Waals surface area contributed by atoms with Crippen LogP contribution in [0.2, 0.25) is 0 Å². The van der Waals surface area contributed by atoms with E-state index in [4.69, 9.17) is 14.5 Å². The third kappa shape index (κ3) is 4.67. The van der Waals surface area contributed by atoms with Crippen molar-refractivity contribution in [3.8, 4) is 5.75 Å². The molecule has 5 aromatic rings. The minimum absolute atomic E-state index is 0.151. The molecule has 1 fully saturated rings. The number of hydrogen-bond donors (Lipinski definition) is 0. The summed E-state index contributed by atoms with van der Waals surface area (Å²) in [5.41, 5.74) is 3.52. The van der Waals surface area contributed by atoms with Crippen molar-refractivity contribution < 1.29 is 18.7 Å². The van der Waals surface area contributed by atoms with Gasteiger partial charge in [0, 0.05) is 27.4 Å². The molecule has 0 amide bonds. The number of methoxy groups -OCH3 is 1. The molecule has 0 bridgehead atoms. The van der Waals surface area contributed by atoms with Crippen LogP contribution in [0.5, 0.6) is 5.75 Å². The lowest BCUT2D eigenvalue weighted by Crippen LogP contribution is -2.09. The molecule has 6 rings (SSSR count). The molecular formula is C31H27BrFN3O3. The number of hydrogen-bond acceptors (Lipinski definition) is 5. The minimum Gasteiger partial charge on any atom is -0.487 e. The number of carbonyl (C=O) groups excluding carboxylic acids is 1. The quantitative estimate of drug-likeness (QED) is 0.191. The molecule has 0 saturated heterocycles. The number of benzene rings is 3. The molecule has 1 aliphatic rings. The second-order valence-corrected chi connectivity index (χ2v) is 11.4. The highest BCUT2D eigenvalue weighted by Gasteiger charge is 2.65. The average Bonchev–Trinajstić information content (AvgIpc) is 3.33. The van der Waals surface area contributed by atoms with Crippen molar-refractivity contribution in [2.24, 2.45) is 11.3 Å². The number of ether oxygens (including phenoxy) is 2. The monoisotopic (exact) mass is 587 g/mol. The molecule has 1 aliphatic carbocycles. The number of para-hydroxylation sites is 1. The Labute approximate surface area is 233 Å². The third-order valence-electron chi connectivity index (χ3n) is 7.70. The Balaban J connectivity index is 1.35. The van der Waals surface area contributed by atoms with Gasteiger partial charge in [-0.05, 0) is 41.8 Å². The first kappa shape index (κ1) is 25.5. The van der Waals surface area contributed by atoms with Crippen LogP contribution in [0.1, 0.15) is 36.8 Å². The van der Waals surface area contributed by atoms with Gasteiger partial charge >= 0.3 is 5.97 Å². The van der Waals surface area contributed by atoms with Crippen molar-refractivity contribution in [1.29, 1.82) is 0 Å². The number of carbonyl (C=O) groups is 1. The van der Waals surface area contributed by atoms with Gasteiger partial charge in [0.25, 0.3) is 0 Å². The topological polar surface area (TPSA) is 66.2 Å². The maximum Gasteiger partial charge on any atom is 0.309 e. The standard InChI is InChI=1S/C31H27BrFN3O3/c1-31(2)27(28(31)30(37)38-3)29-35-25-15-22(39-17-21-11-9-18-6-4-5-7-24(18)34-21)12-13-26(25)36(29)16-19-8-10-20(32)14-23(19)33/h4-15,27-28H,16-17H2,1-3H3/t27-,28+/m1/s1. The van der Waals surface area contributed by atoms with Gasteiger partial charge in [0.15, 0.2) is 0 Å². The molecule has 0 unspecified atom stereocenters.